The third-order valence-corrected chi connectivity index (χ3v) is 3.65. The molecule has 0 spiro atoms. The minimum absolute atomic E-state index is 0.0953. The van der Waals surface area contributed by atoms with E-state index in [-0.39, 0.29) is 11.3 Å². The Morgan fingerprint density at radius 2 is 1.83 bits per heavy atom. The monoisotopic (exact) mass is 312 g/mol. The molecule has 1 amide bonds. The Labute approximate surface area is 137 Å². The second kappa shape index (κ2) is 6.82. The van der Waals surface area contributed by atoms with E-state index in [1.165, 1.54) is 5.56 Å². The number of benzene rings is 1. The van der Waals surface area contributed by atoms with Gasteiger partial charge in [0.05, 0.1) is 0 Å². The molecular weight excluding hydrogens is 288 g/mol. The number of hydrogen-bond acceptors (Lipinski definition) is 3. The Kier molecular flexibility index (Phi) is 5.04. The number of aromatic nitrogens is 1. The van der Waals surface area contributed by atoms with Crippen LogP contribution >= 0.6 is 0 Å². The van der Waals surface area contributed by atoms with E-state index in [0.29, 0.717) is 11.6 Å². The molecule has 4 nitrogen and oxygen atoms in total. The maximum absolute atomic E-state index is 12.2. The zero-order valence-electron chi connectivity index (χ0n) is 14.4. The number of carbonyl (C=O) groups excluding carboxylic acids is 1. The minimum Gasteiger partial charge on any atom is -0.481 e. The van der Waals surface area contributed by atoms with Gasteiger partial charge in [0.2, 0.25) is 0 Å². The molecule has 0 radical (unpaired) electrons. The third kappa shape index (κ3) is 4.55. The van der Waals surface area contributed by atoms with Crippen LogP contribution in [0.2, 0.25) is 0 Å². The van der Waals surface area contributed by atoms with Crippen LogP contribution in [0, 0.1) is 6.92 Å². The maximum Gasteiger partial charge on any atom is 0.266 e. The van der Waals surface area contributed by atoms with E-state index >= 15 is 0 Å². The molecule has 0 aliphatic carbocycles. The van der Waals surface area contributed by atoms with Gasteiger partial charge in [0.1, 0.15) is 11.6 Å². The van der Waals surface area contributed by atoms with Crippen LogP contribution in [0.1, 0.15) is 38.8 Å². The highest BCUT2D eigenvalue weighted by Crippen LogP contribution is 2.24. The lowest BCUT2D eigenvalue weighted by atomic mass is 9.87. The molecule has 1 aromatic heterocycles. The summed E-state index contributed by atoms with van der Waals surface area (Å²) in [4.78, 5) is 16.4. The van der Waals surface area contributed by atoms with Crippen molar-refractivity contribution >= 4 is 11.7 Å². The molecule has 1 atom stereocenters. The molecule has 23 heavy (non-hydrogen) atoms. The second-order valence-electron chi connectivity index (χ2n) is 6.69. The summed E-state index contributed by atoms with van der Waals surface area (Å²) in [5.41, 5.74) is 2.24. The number of anilines is 1. The topological polar surface area (TPSA) is 51.2 Å². The number of pyridine rings is 1. The molecule has 0 bridgehead atoms. The van der Waals surface area contributed by atoms with E-state index in [1.54, 1.807) is 13.1 Å². The van der Waals surface area contributed by atoms with E-state index in [1.807, 2.05) is 43.3 Å². The first-order valence-electron chi connectivity index (χ1n) is 7.77. The Hall–Kier alpha value is -2.36. The van der Waals surface area contributed by atoms with Gasteiger partial charge in [-0.15, -0.1) is 0 Å². The zero-order valence-corrected chi connectivity index (χ0v) is 14.4. The largest absolute Gasteiger partial charge is 0.481 e. The lowest BCUT2D eigenvalue weighted by molar-refractivity contribution is -0.122. The highest BCUT2D eigenvalue weighted by atomic mass is 16.5. The van der Waals surface area contributed by atoms with E-state index < -0.39 is 6.10 Å². The summed E-state index contributed by atoms with van der Waals surface area (Å²) in [6, 6.07) is 11.6. The van der Waals surface area contributed by atoms with E-state index in [9.17, 15) is 4.79 Å². The summed E-state index contributed by atoms with van der Waals surface area (Å²) in [5, 5.41) is 2.79. The van der Waals surface area contributed by atoms with Crippen LogP contribution in [-0.4, -0.2) is 17.0 Å². The van der Waals surface area contributed by atoms with Crippen molar-refractivity contribution in [3.8, 4) is 5.75 Å². The summed E-state index contributed by atoms with van der Waals surface area (Å²) in [6.07, 6.45) is 1.05. The first-order valence-corrected chi connectivity index (χ1v) is 7.77. The van der Waals surface area contributed by atoms with Crippen LogP contribution in [0.4, 0.5) is 5.82 Å². The molecule has 2 rings (SSSR count). The second-order valence-corrected chi connectivity index (χ2v) is 6.69. The first kappa shape index (κ1) is 17.0. The van der Waals surface area contributed by atoms with Gasteiger partial charge in [0.15, 0.2) is 6.10 Å². The van der Waals surface area contributed by atoms with E-state index in [0.717, 1.165) is 5.56 Å². The molecule has 122 valence electrons. The average Bonchev–Trinajstić information content (AvgIpc) is 2.49. The van der Waals surface area contributed by atoms with Gasteiger partial charge < -0.3 is 10.1 Å². The standard InChI is InChI=1S/C19H24N2O2/c1-13-7-6-12-20-17(13)21-18(22)14(2)23-16-10-8-15(9-11-16)19(3,4)5/h6-12,14H,1-5H3,(H,20,21,22). The van der Waals surface area contributed by atoms with Crippen molar-refractivity contribution in [3.63, 3.8) is 0 Å². The van der Waals surface area contributed by atoms with Gasteiger partial charge in [-0.2, -0.15) is 0 Å². The number of nitrogens with zero attached hydrogens (tertiary/aromatic N) is 1. The Morgan fingerprint density at radius 1 is 1.17 bits per heavy atom. The molecule has 1 heterocycles. The van der Waals surface area contributed by atoms with Crippen molar-refractivity contribution in [2.24, 2.45) is 0 Å². The summed E-state index contributed by atoms with van der Waals surface area (Å²) < 4.78 is 5.72. The van der Waals surface area contributed by atoms with Crippen molar-refractivity contribution < 1.29 is 9.53 Å². The van der Waals surface area contributed by atoms with Gasteiger partial charge in [0, 0.05) is 6.20 Å². The van der Waals surface area contributed by atoms with Crippen LogP contribution in [0.3, 0.4) is 0 Å². The third-order valence-electron chi connectivity index (χ3n) is 3.65. The van der Waals surface area contributed by atoms with Crippen molar-refractivity contribution in [1.82, 2.24) is 4.98 Å². The number of hydrogen-bond donors (Lipinski definition) is 1. The Morgan fingerprint density at radius 3 is 2.39 bits per heavy atom. The maximum atomic E-state index is 12.2. The lowest BCUT2D eigenvalue weighted by Gasteiger charge is -2.20. The fraction of sp³-hybridized carbons (Fsp3) is 0.368. The van der Waals surface area contributed by atoms with Crippen LogP contribution in [-0.2, 0) is 10.2 Å². The number of amides is 1. The predicted molar refractivity (Wildman–Crippen MR) is 92.8 cm³/mol. The molecule has 2 aromatic rings. The molecule has 0 aliphatic rings. The van der Waals surface area contributed by atoms with Crippen molar-refractivity contribution in [2.45, 2.75) is 46.1 Å². The first-order chi connectivity index (χ1) is 10.8. The fourth-order valence-electron chi connectivity index (χ4n) is 2.13. The molecule has 0 fully saturated rings. The van der Waals surface area contributed by atoms with Crippen molar-refractivity contribution in [3.05, 3.63) is 53.7 Å². The van der Waals surface area contributed by atoms with Crippen LogP contribution < -0.4 is 10.1 Å². The summed E-state index contributed by atoms with van der Waals surface area (Å²) >= 11 is 0. The molecule has 1 aromatic carbocycles. The Bertz CT molecular complexity index is 673. The van der Waals surface area contributed by atoms with Crippen LogP contribution in [0.5, 0.6) is 5.75 Å². The highest BCUT2D eigenvalue weighted by molar-refractivity contribution is 5.93. The number of carbonyl (C=O) groups is 1. The number of ether oxygens (including phenoxy) is 1. The molecule has 1 N–H and O–H groups in total. The molecule has 0 saturated heterocycles. The SMILES string of the molecule is Cc1cccnc1NC(=O)C(C)Oc1ccc(C(C)(C)C)cc1. The smallest absolute Gasteiger partial charge is 0.266 e. The number of rotatable bonds is 4. The van der Waals surface area contributed by atoms with Gasteiger partial charge >= 0.3 is 0 Å². The van der Waals surface area contributed by atoms with Gasteiger partial charge in [-0.3, -0.25) is 4.79 Å². The van der Waals surface area contributed by atoms with E-state index in [2.05, 4.69) is 31.1 Å². The zero-order chi connectivity index (χ0) is 17.0. The molecule has 1 unspecified atom stereocenters. The molecule has 0 saturated carbocycles. The molecular formula is C19H24N2O2. The summed E-state index contributed by atoms with van der Waals surface area (Å²) in [7, 11) is 0. The van der Waals surface area contributed by atoms with Gasteiger partial charge in [0.25, 0.3) is 5.91 Å². The van der Waals surface area contributed by atoms with Crippen molar-refractivity contribution in [2.75, 3.05) is 5.32 Å². The van der Waals surface area contributed by atoms with Gasteiger partial charge in [-0.25, -0.2) is 4.98 Å². The van der Waals surface area contributed by atoms with Crippen molar-refractivity contribution in [1.29, 1.82) is 0 Å². The predicted octanol–water partition coefficient (Wildman–Crippen LogP) is 4.09. The van der Waals surface area contributed by atoms with E-state index in [4.69, 9.17) is 4.74 Å². The fourth-order valence-corrected chi connectivity index (χ4v) is 2.13. The Balaban J connectivity index is 2.00. The normalized spacial score (nSPS) is 12.6. The van der Waals surface area contributed by atoms with Crippen LogP contribution in [0.15, 0.2) is 42.6 Å². The minimum atomic E-state index is -0.600. The number of nitrogens with one attached hydrogen (secondary N) is 1. The molecule has 4 heteroatoms. The van der Waals surface area contributed by atoms with Gasteiger partial charge in [-0.1, -0.05) is 39.0 Å². The summed E-state index contributed by atoms with van der Waals surface area (Å²) in [5.74, 6) is 1.03. The average molecular weight is 312 g/mol. The highest BCUT2D eigenvalue weighted by Gasteiger charge is 2.17. The molecule has 0 aliphatic heterocycles. The quantitative estimate of drug-likeness (QED) is 0.925. The van der Waals surface area contributed by atoms with Crippen LogP contribution in [0.25, 0.3) is 0 Å². The number of aryl methyl sites for hydroxylation is 1. The summed E-state index contributed by atoms with van der Waals surface area (Å²) in [6.45, 7) is 10.1. The van der Waals surface area contributed by atoms with Gasteiger partial charge in [-0.05, 0) is 48.6 Å². The lowest BCUT2D eigenvalue weighted by Crippen LogP contribution is -2.30.